The molecule has 0 rings (SSSR count). The first-order chi connectivity index (χ1) is 5.43. The van der Waals surface area contributed by atoms with Gasteiger partial charge in [-0.2, -0.15) is 0 Å². The maximum atomic E-state index is 10.0. The Hall–Kier alpha value is 1.15. The van der Waals surface area contributed by atoms with Crippen LogP contribution < -0.4 is 104 Å². The Balaban J connectivity index is -0.000000202. The molecule has 0 heterocycles. The van der Waals surface area contributed by atoms with Gasteiger partial charge in [-0.3, -0.25) is 0 Å². The normalized spacial score (nSPS) is 8.67. The molecular formula is C6H3Na3O6. The van der Waals surface area contributed by atoms with Crippen LogP contribution in [0.5, 0.6) is 0 Å². The van der Waals surface area contributed by atoms with E-state index in [0.29, 0.717) is 0 Å². The van der Waals surface area contributed by atoms with Crippen LogP contribution in [0.1, 0.15) is 6.42 Å². The van der Waals surface area contributed by atoms with Crippen molar-refractivity contribution < 1.29 is 118 Å². The largest absolute Gasteiger partial charge is 1.00 e. The maximum absolute atomic E-state index is 10.0. The van der Waals surface area contributed by atoms with Gasteiger partial charge < -0.3 is 29.7 Å². The molecule has 6 nitrogen and oxygen atoms in total. The molecule has 0 spiro atoms. The smallest absolute Gasteiger partial charge is 0.550 e. The molecule has 9 heteroatoms. The Morgan fingerprint density at radius 3 is 1.53 bits per heavy atom. The second kappa shape index (κ2) is 13.2. The van der Waals surface area contributed by atoms with E-state index in [1.54, 1.807) is 0 Å². The molecule has 0 radical (unpaired) electrons. The minimum Gasteiger partial charge on any atom is -0.550 e. The van der Waals surface area contributed by atoms with Crippen LogP contribution in [0.25, 0.3) is 0 Å². The van der Waals surface area contributed by atoms with Gasteiger partial charge in [0.1, 0.15) is 0 Å². The molecule has 0 bridgehead atoms. The van der Waals surface area contributed by atoms with E-state index in [9.17, 15) is 29.7 Å². The fraction of sp³-hybridized carbons (Fsp3) is 0.167. The van der Waals surface area contributed by atoms with Crippen LogP contribution in [-0.4, -0.2) is 17.9 Å². The van der Waals surface area contributed by atoms with Gasteiger partial charge in [-0.25, -0.2) is 0 Å². The number of carboxylic acids is 3. The SMILES string of the molecule is O=C([O-])/C=C(/CC(=O)[O-])C(=O)[O-].[Na+].[Na+].[Na+]. The van der Waals surface area contributed by atoms with Gasteiger partial charge in [-0.05, 0) is 11.6 Å². The first-order valence-corrected chi connectivity index (χ1v) is 2.76. The Morgan fingerprint density at radius 2 is 1.33 bits per heavy atom. The molecule has 0 aliphatic heterocycles. The van der Waals surface area contributed by atoms with E-state index in [-0.39, 0.29) is 94.7 Å². The summed E-state index contributed by atoms with van der Waals surface area (Å²) < 4.78 is 0. The molecule has 0 aromatic heterocycles. The monoisotopic (exact) mass is 240 g/mol. The van der Waals surface area contributed by atoms with Crippen molar-refractivity contribution in [3.8, 4) is 0 Å². The Bertz CT molecular complexity index is 262. The van der Waals surface area contributed by atoms with Crippen LogP contribution in [0.3, 0.4) is 0 Å². The summed E-state index contributed by atoms with van der Waals surface area (Å²) in [6, 6.07) is 0. The van der Waals surface area contributed by atoms with Gasteiger partial charge in [-0.15, -0.1) is 0 Å². The molecule has 66 valence electrons. The molecule has 0 fully saturated rings. The summed E-state index contributed by atoms with van der Waals surface area (Å²) >= 11 is 0. The number of rotatable bonds is 4. The van der Waals surface area contributed by atoms with E-state index >= 15 is 0 Å². The van der Waals surface area contributed by atoms with Crippen molar-refractivity contribution in [1.29, 1.82) is 0 Å². The zero-order valence-corrected chi connectivity index (χ0v) is 14.7. The van der Waals surface area contributed by atoms with Gasteiger partial charge in [0, 0.05) is 12.4 Å². The number of hydrogen-bond acceptors (Lipinski definition) is 6. The molecule has 0 aliphatic rings. The van der Waals surface area contributed by atoms with E-state index in [1.165, 1.54) is 0 Å². The first-order valence-electron chi connectivity index (χ1n) is 2.76. The Kier molecular flexibility index (Phi) is 22.1. The second-order valence-corrected chi connectivity index (χ2v) is 1.82. The number of hydrogen-bond donors (Lipinski definition) is 0. The van der Waals surface area contributed by atoms with Crippen molar-refractivity contribution in [2.24, 2.45) is 0 Å². The van der Waals surface area contributed by atoms with Gasteiger partial charge >= 0.3 is 88.7 Å². The molecule has 0 aromatic carbocycles. The summed E-state index contributed by atoms with van der Waals surface area (Å²) in [4.78, 5) is 29.7. The molecule has 0 aliphatic carbocycles. The summed E-state index contributed by atoms with van der Waals surface area (Å²) in [6.07, 6.45) is -0.874. The van der Waals surface area contributed by atoms with Crippen molar-refractivity contribution in [3.63, 3.8) is 0 Å². The number of carbonyl (C=O) groups is 3. The van der Waals surface area contributed by atoms with Gasteiger partial charge in [0.2, 0.25) is 0 Å². The molecule has 0 N–H and O–H groups in total. The molecule has 0 amide bonds. The first kappa shape index (κ1) is 25.1. The second-order valence-electron chi connectivity index (χ2n) is 1.82. The maximum Gasteiger partial charge on any atom is 1.00 e. The van der Waals surface area contributed by atoms with E-state index in [4.69, 9.17) is 0 Å². The third-order valence-electron chi connectivity index (χ3n) is 0.889. The third-order valence-corrected chi connectivity index (χ3v) is 0.889. The van der Waals surface area contributed by atoms with Crippen LogP contribution in [0.4, 0.5) is 0 Å². The molecule has 0 atom stereocenters. The van der Waals surface area contributed by atoms with Crippen LogP contribution in [0.15, 0.2) is 11.6 Å². The van der Waals surface area contributed by atoms with Crippen molar-refractivity contribution in [3.05, 3.63) is 11.6 Å². The summed E-state index contributed by atoms with van der Waals surface area (Å²) in [5, 5.41) is 29.7. The topological polar surface area (TPSA) is 120 Å². The average Bonchev–Trinajstić information content (AvgIpc) is 1.83. The number of carbonyl (C=O) groups excluding carboxylic acids is 3. The average molecular weight is 240 g/mol. The van der Waals surface area contributed by atoms with Gasteiger partial charge in [0.25, 0.3) is 0 Å². The zero-order chi connectivity index (χ0) is 9.72. The molecule has 0 unspecified atom stereocenters. The fourth-order valence-electron chi connectivity index (χ4n) is 0.480. The van der Waals surface area contributed by atoms with Crippen molar-refractivity contribution in [1.82, 2.24) is 0 Å². The third kappa shape index (κ3) is 15.1. The minimum absolute atomic E-state index is 0. The predicted octanol–water partition coefficient (Wildman–Crippen LogP) is -13.4. The Morgan fingerprint density at radius 1 is 0.933 bits per heavy atom. The summed E-state index contributed by atoms with van der Waals surface area (Å²) in [7, 11) is 0. The summed E-state index contributed by atoms with van der Waals surface area (Å²) in [5.41, 5.74) is -0.894. The molecule has 0 saturated heterocycles. The van der Waals surface area contributed by atoms with Gasteiger partial charge in [0.05, 0.1) is 11.9 Å². The number of carboxylic acid groups (broad SMARTS) is 3. The summed E-state index contributed by atoms with van der Waals surface area (Å²) in [6.45, 7) is 0. The van der Waals surface area contributed by atoms with Crippen LogP contribution >= 0.6 is 0 Å². The molecule has 0 aromatic rings. The van der Waals surface area contributed by atoms with E-state index in [1.807, 2.05) is 0 Å². The quantitative estimate of drug-likeness (QED) is 0.355. The minimum atomic E-state index is -1.87. The van der Waals surface area contributed by atoms with Gasteiger partial charge in [-0.1, -0.05) is 0 Å². The van der Waals surface area contributed by atoms with Crippen LogP contribution in [0.2, 0.25) is 0 Å². The molecule has 0 saturated carbocycles. The number of aliphatic carboxylic acids is 3. The standard InChI is InChI=1S/C6H6O6.3Na/c7-4(8)1-3(6(11)12)2-5(9)10;;;/h1H,2H2,(H,7,8)(H,9,10)(H,11,12);;;/q;3*+1/p-3/b3-1-;;;. The van der Waals surface area contributed by atoms with Crippen molar-refractivity contribution in [2.75, 3.05) is 0 Å². The van der Waals surface area contributed by atoms with Gasteiger partial charge in [0.15, 0.2) is 0 Å². The Labute approximate surface area is 152 Å². The van der Waals surface area contributed by atoms with Crippen LogP contribution in [0, 0.1) is 0 Å². The molecule has 15 heavy (non-hydrogen) atoms. The van der Waals surface area contributed by atoms with E-state index < -0.39 is 29.9 Å². The molecular weight excluding hydrogens is 237 g/mol. The fourth-order valence-corrected chi connectivity index (χ4v) is 0.480. The van der Waals surface area contributed by atoms with Crippen LogP contribution in [-0.2, 0) is 14.4 Å². The van der Waals surface area contributed by atoms with Crippen molar-refractivity contribution in [2.45, 2.75) is 6.42 Å². The van der Waals surface area contributed by atoms with Crippen molar-refractivity contribution >= 4 is 17.9 Å². The van der Waals surface area contributed by atoms with E-state index in [0.717, 1.165) is 0 Å². The van der Waals surface area contributed by atoms with E-state index in [2.05, 4.69) is 0 Å². The predicted molar refractivity (Wildman–Crippen MR) is 27.7 cm³/mol. The summed E-state index contributed by atoms with van der Waals surface area (Å²) in [5.74, 6) is -5.37. The zero-order valence-electron chi connectivity index (χ0n) is 8.73.